The van der Waals surface area contributed by atoms with E-state index in [1.165, 1.54) is 6.92 Å². The van der Waals surface area contributed by atoms with Crippen molar-refractivity contribution in [2.45, 2.75) is 31.2 Å². The first-order valence-corrected chi connectivity index (χ1v) is 11.6. The standard InChI is InChI=1S/C26H21F4N3OS/c1-13-4-8-16(9-5-13)22-23(17-10-6-14(2)7-11-17)33-26(32-22)35-15(3)25(34)31-24-20(29)18(27)12-19(28)21(24)30/h4-12,15H,1-3H3,(H,31,34)(H,32,33). The zero-order valence-corrected chi connectivity index (χ0v) is 19.9. The van der Waals surface area contributed by atoms with E-state index >= 15 is 0 Å². The third-order valence-corrected chi connectivity index (χ3v) is 6.35. The Labute approximate surface area is 203 Å². The van der Waals surface area contributed by atoms with E-state index in [4.69, 9.17) is 0 Å². The molecular weight excluding hydrogens is 478 g/mol. The average Bonchev–Trinajstić information content (AvgIpc) is 3.25. The van der Waals surface area contributed by atoms with Crippen molar-refractivity contribution >= 4 is 23.4 Å². The lowest BCUT2D eigenvalue weighted by Crippen LogP contribution is -2.24. The summed E-state index contributed by atoms with van der Waals surface area (Å²) in [5.41, 5.74) is 4.20. The van der Waals surface area contributed by atoms with E-state index in [2.05, 4.69) is 9.97 Å². The highest BCUT2D eigenvalue weighted by molar-refractivity contribution is 8.00. The highest BCUT2D eigenvalue weighted by Gasteiger charge is 2.25. The molecule has 0 saturated carbocycles. The van der Waals surface area contributed by atoms with Gasteiger partial charge in [-0.1, -0.05) is 71.4 Å². The number of benzene rings is 3. The number of hydrogen-bond donors (Lipinski definition) is 2. The summed E-state index contributed by atoms with van der Waals surface area (Å²) in [7, 11) is 0. The monoisotopic (exact) mass is 499 g/mol. The number of nitrogens with one attached hydrogen (secondary N) is 2. The number of nitrogens with zero attached hydrogens (tertiary/aromatic N) is 1. The van der Waals surface area contributed by atoms with Crippen molar-refractivity contribution in [1.29, 1.82) is 0 Å². The van der Waals surface area contributed by atoms with Gasteiger partial charge in [-0.25, -0.2) is 22.5 Å². The summed E-state index contributed by atoms with van der Waals surface area (Å²) in [4.78, 5) is 20.5. The molecule has 0 spiro atoms. The third-order valence-electron chi connectivity index (χ3n) is 5.36. The lowest BCUT2D eigenvalue weighted by molar-refractivity contribution is -0.115. The van der Waals surface area contributed by atoms with Gasteiger partial charge in [0.2, 0.25) is 5.91 Å². The van der Waals surface area contributed by atoms with Crippen LogP contribution in [0.4, 0.5) is 23.2 Å². The minimum atomic E-state index is -1.67. The molecule has 0 saturated heterocycles. The van der Waals surface area contributed by atoms with Gasteiger partial charge in [-0.15, -0.1) is 0 Å². The van der Waals surface area contributed by atoms with Gasteiger partial charge in [0.25, 0.3) is 0 Å². The molecule has 0 fully saturated rings. The number of H-pyrrole nitrogens is 1. The predicted molar refractivity (Wildman–Crippen MR) is 129 cm³/mol. The van der Waals surface area contributed by atoms with Crippen LogP contribution in [-0.4, -0.2) is 21.1 Å². The number of aromatic amines is 1. The quantitative estimate of drug-likeness (QED) is 0.170. The topological polar surface area (TPSA) is 57.8 Å². The summed E-state index contributed by atoms with van der Waals surface area (Å²) in [6.07, 6.45) is 0. The predicted octanol–water partition coefficient (Wildman–Crippen LogP) is 7.04. The van der Waals surface area contributed by atoms with Crippen LogP contribution >= 0.6 is 11.8 Å². The third kappa shape index (κ3) is 5.24. The highest BCUT2D eigenvalue weighted by atomic mass is 32.2. The number of aryl methyl sites for hydroxylation is 2. The van der Waals surface area contributed by atoms with Crippen molar-refractivity contribution in [3.63, 3.8) is 0 Å². The molecule has 4 aromatic rings. The molecule has 3 aromatic carbocycles. The molecule has 4 rings (SSSR count). The van der Waals surface area contributed by atoms with E-state index in [-0.39, 0.29) is 6.07 Å². The van der Waals surface area contributed by atoms with Crippen molar-refractivity contribution in [1.82, 2.24) is 9.97 Å². The van der Waals surface area contributed by atoms with Crippen LogP contribution < -0.4 is 5.32 Å². The Balaban J connectivity index is 1.63. The molecule has 0 aliphatic heterocycles. The maximum absolute atomic E-state index is 14.0. The fourth-order valence-corrected chi connectivity index (χ4v) is 4.19. The number of hydrogen-bond acceptors (Lipinski definition) is 3. The van der Waals surface area contributed by atoms with E-state index in [1.54, 1.807) is 0 Å². The molecule has 35 heavy (non-hydrogen) atoms. The molecule has 9 heteroatoms. The summed E-state index contributed by atoms with van der Waals surface area (Å²) < 4.78 is 54.9. The molecule has 1 unspecified atom stereocenters. The van der Waals surface area contributed by atoms with Crippen LogP contribution in [0.5, 0.6) is 0 Å². The number of imidazole rings is 1. The van der Waals surface area contributed by atoms with E-state index in [9.17, 15) is 22.4 Å². The van der Waals surface area contributed by atoms with E-state index in [0.29, 0.717) is 10.9 Å². The number of carbonyl (C=O) groups is 1. The normalized spacial score (nSPS) is 12.0. The van der Waals surface area contributed by atoms with Crippen LogP contribution in [0.15, 0.2) is 59.8 Å². The lowest BCUT2D eigenvalue weighted by atomic mass is 10.0. The Morgan fingerprint density at radius 1 is 0.886 bits per heavy atom. The van der Waals surface area contributed by atoms with Crippen LogP contribution in [0.2, 0.25) is 0 Å². The molecule has 2 N–H and O–H groups in total. The Bertz CT molecular complexity index is 1300. The maximum Gasteiger partial charge on any atom is 0.237 e. The van der Waals surface area contributed by atoms with Gasteiger partial charge in [0.1, 0.15) is 5.69 Å². The maximum atomic E-state index is 14.0. The van der Waals surface area contributed by atoms with Crippen molar-refractivity contribution in [2.75, 3.05) is 5.32 Å². The van der Waals surface area contributed by atoms with Gasteiger partial charge in [-0.05, 0) is 20.8 Å². The first-order valence-electron chi connectivity index (χ1n) is 10.7. The Kier molecular flexibility index (Phi) is 6.98. The van der Waals surface area contributed by atoms with Crippen molar-refractivity contribution in [2.24, 2.45) is 0 Å². The van der Waals surface area contributed by atoms with Gasteiger partial charge in [0.15, 0.2) is 28.4 Å². The second-order valence-corrected chi connectivity index (χ2v) is 9.42. The average molecular weight is 500 g/mol. The van der Waals surface area contributed by atoms with Crippen LogP contribution in [0, 0.1) is 37.1 Å². The molecule has 1 atom stereocenters. The SMILES string of the molecule is Cc1ccc(-c2nc(SC(C)C(=O)Nc3c(F)c(F)cc(F)c3F)[nH]c2-c2ccc(C)cc2)cc1. The second-order valence-electron chi connectivity index (χ2n) is 8.09. The number of rotatable bonds is 6. The lowest BCUT2D eigenvalue weighted by Gasteiger charge is -2.12. The molecule has 180 valence electrons. The molecule has 0 bridgehead atoms. The Hall–Kier alpha value is -3.59. The Morgan fingerprint density at radius 2 is 1.40 bits per heavy atom. The number of halogens is 4. The van der Waals surface area contributed by atoms with Crippen LogP contribution in [0.3, 0.4) is 0 Å². The summed E-state index contributed by atoms with van der Waals surface area (Å²) in [5, 5.41) is 1.44. The number of aromatic nitrogens is 2. The van der Waals surface area contributed by atoms with Crippen LogP contribution in [-0.2, 0) is 4.79 Å². The summed E-state index contributed by atoms with van der Waals surface area (Å²) in [5.74, 6) is -7.39. The number of carbonyl (C=O) groups excluding carboxylic acids is 1. The van der Waals surface area contributed by atoms with Gasteiger partial charge in [-0.3, -0.25) is 4.79 Å². The van der Waals surface area contributed by atoms with Gasteiger partial charge in [0.05, 0.1) is 16.6 Å². The van der Waals surface area contributed by atoms with Gasteiger partial charge in [-0.2, -0.15) is 0 Å². The summed E-state index contributed by atoms with van der Waals surface area (Å²) >= 11 is 1.01. The molecule has 1 heterocycles. The zero-order chi connectivity index (χ0) is 25.3. The number of thioether (sulfide) groups is 1. The fourth-order valence-electron chi connectivity index (χ4n) is 3.39. The van der Waals surface area contributed by atoms with Gasteiger partial charge in [0, 0.05) is 17.2 Å². The smallest absolute Gasteiger partial charge is 0.237 e. The first-order chi connectivity index (χ1) is 16.6. The molecule has 4 nitrogen and oxygen atoms in total. The van der Waals surface area contributed by atoms with E-state index < -0.39 is 40.1 Å². The number of anilines is 1. The fraction of sp³-hybridized carbons (Fsp3) is 0.154. The number of amides is 1. The molecule has 1 amide bonds. The highest BCUT2D eigenvalue weighted by Crippen LogP contribution is 2.34. The summed E-state index contributed by atoms with van der Waals surface area (Å²) in [6, 6.07) is 15.7. The van der Waals surface area contributed by atoms with Crippen molar-refractivity contribution in [3.05, 3.63) is 89.0 Å². The van der Waals surface area contributed by atoms with Crippen molar-refractivity contribution in [3.8, 4) is 22.5 Å². The minimum absolute atomic E-state index is 0.0839. The van der Waals surface area contributed by atoms with Gasteiger partial charge >= 0.3 is 0 Å². The molecule has 0 aliphatic rings. The Morgan fingerprint density at radius 3 is 1.94 bits per heavy atom. The van der Waals surface area contributed by atoms with Crippen LogP contribution in [0.1, 0.15) is 18.1 Å². The van der Waals surface area contributed by atoms with E-state index in [1.807, 2.05) is 67.7 Å². The van der Waals surface area contributed by atoms with Crippen LogP contribution in [0.25, 0.3) is 22.5 Å². The molecule has 0 radical (unpaired) electrons. The van der Waals surface area contributed by atoms with E-state index in [0.717, 1.165) is 39.7 Å². The second kappa shape index (κ2) is 9.95. The zero-order valence-electron chi connectivity index (χ0n) is 19.0. The largest absolute Gasteiger partial charge is 0.332 e. The minimum Gasteiger partial charge on any atom is -0.332 e. The molecule has 1 aromatic heterocycles. The van der Waals surface area contributed by atoms with Gasteiger partial charge < -0.3 is 10.3 Å². The molecular formula is C26H21F4N3OS. The summed E-state index contributed by atoms with van der Waals surface area (Å²) in [6.45, 7) is 5.45. The molecule has 0 aliphatic carbocycles. The first kappa shape index (κ1) is 24.5. The van der Waals surface area contributed by atoms with Crippen molar-refractivity contribution < 1.29 is 22.4 Å².